The van der Waals surface area contributed by atoms with Crippen molar-refractivity contribution in [1.82, 2.24) is 10.6 Å². The number of carboxylic acid groups (broad SMARTS) is 1. The molecule has 0 saturated carbocycles. The summed E-state index contributed by atoms with van der Waals surface area (Å²) in [5.74, 6) is 0. The molecule has 1 rings (SSSR count). The van der Waals surface area contributed by atoms with E-state index in [1.54, 1.807) is 0 Å². The summed E-state index contributed by atoms with van der Waals surface area (Å²) in [5, 5.41) is 24.7. The lowest BCUT2D eigenvalue weighted by molar-refractivity contribution is 0.0755. The second kappa shape index (κ2) is 11.0. The molecule has 0 saturated heterocycles. The quantitative estimate of drug-likeness (QED) is 0.465. The van der Waals surface area contributed by atoms with Gasteiger partial charge in [-0.2, -0.15) is 0 Å². The molecular formula is C17H28N2O4. The van der Waals surface area contributed by atoms with E-state index in [0.29, 0.717) is 19.6 Å². The first-order valence-electron chi connectivity index (χ1n) is 8.02. The zero-order valence-corrected chi connectivity index (χ0v) is 13.9. The number of hydrogen-bond acceptors (Lipinski definition) is 4. The van der Waals surface area contributed by atoms with Gasteiger partial charge in [-0.25, -0.2) is 4.79 Å². The van der Waals surface area contributed by atoms with Crippen LogP contribution >= 0.6 is 0 Å². The van der Waals surface area contributed by atoms with Gasteiger partial charge >= 0.3 is 6.09 Å². The Morgan fingerprint density at radius 2 is 1.96 bits per heavy atom. The number of nitrogens with one attached hydrogen (secondary N) is 2. The third-order valence-electron chi connectivity index (χ3n) is 3.37. The molecule has 0 radical (unpaired) electrons. The van der Waals surface area contributed by atoms with Crippen molar-refractivity contribution in [2.75, 3.05) is 19.7 Å². The predicted molar refractivity (Wildman–Crippen MR) is 89.7 cm³/mol. The molecule has 1 aromatic rings. The van der Waals surface area contributed by atoms with Crippen molar-refractivity contribution in [3.8, 4) is 0 Å². The smallest absolute Gasteiger partial charge is 0.404 e. The average Bonchev–Trinajstić information content (AvgIpc) is 2.50. The van der Waals surface area contributed by atoms with Gasteiger partial charge in [0.1, 0.15) is 0 Å². The fourth-order valence-electron chi connectivity index (χ4n) is 2.22. The Kier molecular flexibility index (Phi) is 9.28. The maximum atomic E-state index is 10.9. The maximum Gasteiger partial charge on any atom is 0.404 e. The third kappa shape index (κ3) is 9.18. The van der Waals surface area contributed by atoms with Crippen LogP contribution in [0.2, 0.25) is 0 Å². The number of aliphatic hydroxyl groups is 1. The summed E-state index contributed by atoms with van der Waals surface area (Å²) in [6.45, 7) is 5.70. The van der Waals surface area contributed by atoms with Crippen molar-refractivity contribution < 1.29 is 19.7 Å². The second-order valence-electron chi connectivity index (χ2n) is 5.79. The van der Waals surface area contributed by atoms with E-state index in [-0.39, 0.29) is 6.10 Å². The number of ether oxygens (including phenoxy) is 1. The molecule has 4 N–H and O–H groups in total. The van der Waals surface area contributed by atoms with E-state index in [1.807, 2.05) is 44.2 Å². The maximum absolute atomic E-state index is 10.9. The molecule has 0 fully saturated rings. The first kappa shape index (κ1) is 19.4. The summed E-state index contributed by atoms with van der Waals surface area (Å²) >= 11 is 0. The number of hydrogen-bond donors (Lipinski definition) is 4. The molecule has 23 heavy (non-hydrogen) atoms. The summed E-state index contributed by atoms with van der Waals surface area (Å²) in [6.07, 6.45) is -0.407. The lowest BCUT2D eigenvalue weighted by atomic mass is 10.0. The predicted octanol–water partition coefficient (Wildman–Crippen LogP) is 1.63. The van der Waals surface area contributed by atoms with Gasteiger partial charge in [0.15, 0.2) is 0 Å². The van der Waals surface area contributed by atoms with Gasteiger partial charge in [-0.1, -0.05) is 30.3 Å². The molecule has 0 aliphatic heterocycles. The van der Waals surface area contributed by atoms with E-state index in [1.165, 1.54) is 0 Å². The van der Waals surface area contributed by atoms with E-state index in [4.69, 9.17) is 9.84 Å². The summed E-state index contributed by atoms with van der Waals surface area (Å²) in [7, 11) is 0. The Balaban J connectivity index is 2.37. The van der Waals surface area contributed by atoms with Gasteiger partial charge in [0.25, 0.3) is 0 Å². The zero-order chi connectivity index (χ0) is 17.1. The molecule has 0 aliphatic carbocycles. The van der Waals surface area contributed by atoms with E-state index in [0.717, 1.165) is 18.5 Å². The lowest BCUT2D eigenvalue weighted by Gasteiger charge is -2.23. The molecule has 0 spiro atoms. The highest BCUT2D eigenvalue weighted by Gasteiger charge is 2.21. The molecule has 0 unspecified atom stereocenters. The van der Waals surface area contributed by atoms with Crippen molar-refractivity contribution >= 4 is 6.09 Å². The highest BCUT2D eigenvalue weighted by Crippen LogP contribution is 2.06. The molecule has 0 heterocycles. The lowest BCUT2D eigenvalue weighted by Crippen LogP contribution is -2.48. The van der Waals surface area contributed by atoms with Crippen LogP contribution in [0.25, 0.3) is 0 Å². The number of aliphatic hydroxyl groups excluding tert-OH is 1. The van der Waals surface area contributed by atoms with Crippen LogP contribution in [0, 0.1) is 0 Å². The summed E-state index contributed by atoms with van der Waals surface area (Å²) in [4.78, 5) is 10.9. The first-order chi connectivity index (χ1) is 11.0. The van der Waals surface area contributed by atoms with Crippen LogP contribution in [-0.2, 0) is 11.2 Å². The van der Waals surface area contributed by atoms with Crippen molar-refractivity contribution in [2.24, 2.45) is 0 Å². The molecular weight excluding hydrogens is 296 g/mol. The monoisotopic (exact) mass is 324 g/mol. The van der Waals surface area contributed by atoms with Gasteiger partial charge in [0, 0.05) is 13.2 Å². The van der Waals surface area contributed by atoms with E-state index in [9.17, 15) is 9.90 Å². The van der Waals surface area contributed by atoms with E-state index >= 15 is 0 Å². The first-order valence-corrected chi connectivity index (χ1v) is 8.02. The van der Waals surface area contributed by atoms with Crippen LogP contribution in [0.1, 0.15) is 25.8 Å². The van der Waals surface area contributed by atoms with Crippen LogP contribution in [0.3, 0.4) is 0 Å². The second-order valence-corrected chi connectivity index (χ2v) is 5.79. The van der Waals surface area contributed by atoms with Crippen molar-refractivity contribution in [3.05, 3.63) is 35.9 Å². The molecule has 0 aliphatic rings. The number of carbonyl (C=O) groups is 1. The molecule has 2 atom stereocenters. The van der Waals surface area contributed by atoms with Gasteiger partial charge in [0.2, 0.25) is 0 Å². The molecule has 0 aromatic heterocycles. The SMILES string of the molecule is CC(C)OCCCNC[C@@H](O)[C@H](Cc1ccccc1)NC(=O)O. The Bertz CT molecular complexity index is 439. The fourth-order valence-corrected chi connectivity index (χ4v) is 2.22. The molecule has 130 valence electrons. The van der Waals surface area contributed by atoms with Crippen LogP contribution in [0.5, 0.6) is 0 Å². The Morgan fingerprint density at radius 3 is 2.57 bits per heavy atom. The number of benzene rings is 1. The van der Waals surface area contributed by atoms with Crippen LogP contribution in [-0.4, -0.2) is 54.3 Å². The van der Waals surface area contributed by atoms with Crippen molar-refractivity contribution in [3.63, 3.8) is 0 Å². The standard InChI is InChI=1S/C17H28N2O4/c1-13(2)23-10-6-9-18-12-16(20)15(19-17(21)22)11-14-7-4-3-5-8-14/h3-5,7-8,13,15-16,18-20H,6,9-12H2,1-2H3,(H,21,22)/t15-,16+/m0/s1. The summed E-state index contributed by atoms with van der Waals surface area (Å²) < 4.78 is 5.44. The Hall–Kier alpha value is -1.63. The van der Waals surface area contributed by atoms with Crippen LogP contribution < -0.4 is 10.6 Å². The highest BCUT2D eigenvalue weighted by atomic mass is 16.5. The minimum atomic E-state index is -1.13. The number of amides is 1. The van der Waals surface area contributed by atoms with Gasteiger partial charge in [-0.05, 0) is 38.8 Å². The van der Waals surface area contributed by atoms with Gasteiger partial charge < -0.3 is 25.6 Å². The summed E-state index contributed by atoms with van der Waals surface area (Å²) in [6, 6.07) is 8.98. The van der Waals surface area contributed by atoms with Crippen LogP contribution in [0.4, 0.5) is 4.79 Å². The number of rotatable bonds is 11. The van der Waals surface area contributed by atoms with Crippen molar-refractivity contribution in [2.45, 2.75) is 44.9 Å². The molecule has 1 amide bonds. The van der Waals surface area contributed by atoms with Gasteiger partial charge in [0.05, 0.1) is 18.2 Å². The minimum absolute atomic E-state index is 0.218. The average molecular weight is 324 g/mol. The molecule has 0 bridgehead atoms. The Labute approximate surface area is 137 Å². The van der Waals surface area contributed by atoms with Crippen molar-refractivity contribution in [1.29, 1.82) is 0 Å². The largest absolute Gasteiger partial charge is 0.465 e. The van der Waals surface area contributed by atoms with Crippen LogP contribution in [0.15, 0.2) is 30.3 Å². The zero-order valence-electron chi connectivity index (χ0n) is 13.9. The summed E-state index contributed by atoms with van der Waals surface area (Å²) in [5.41, 5.74) is 0.982. The third-order valence-corrected chi connectivity index (χ3v) is 3.37. The highest BCUT2D eigenvalue weighted by molar-refractivity contribution is 5.65. The van der Waals surface area contributed by atoms with E-state index < -0.39 is 18.2 Å². The molecule has 6 nitrogen and oxygen atoms in total. The van der Waals surface area contributed by atoms with E-state index in [2.05, 4.69) is 10.6 Å². The molecule has 1 aromatic carbocycles. The normalized spacial score (nSPS) is 13.7. The van der Waals surface area contributed by atoms with Gasteiger partial charge in [-0.3, -0.25) is 0 Å². The topological polar surface area (TPSA) is 90.8 Å². The Morgan fingerprint density at radius 1 is 1.26 bits per heavy atom. The molecule has 6 heteroatoms. The fraction of sp³-hybridized carbons (Fsp3) is 0.588. The minimum Gasteiger partial charge on any atom is -0.465 e. The van der Waals surface area contributed by atoms with Gasteiger partial charge in [-0.15, -0.1) is 0 Å².